The van der Waals surface area contributed by atoms with E-state index in [-0.39, 0.29) is 0 Å². The van der Waals surface area contributed by atoms with Gasteiger partial charge in [0, 0.05) is 0 Å². The lowest BCUT2D eigenvalue weighted by Gasteiger charge is -1.95. The van der Waals surface area contributed by atoms with Crippen LogP contribution in [0, 0.1) is 0 Å². The van der Waals surface area contributed by atoms with Crippen molar-refractivity contribution in [3.05, 3.63) is 0 Å². The molecule has 0 aliphatic carbocycles. The van der Waals surface area contributed by atoms with Crippen LogP contribution in [0.2, 0.25) is 0 Å². The maximum Gasteiger partial charge on any atom is 0.334 e. The highest BCUT2D eigenvalue weighted by Gasteiger charge is 2.06. The molecule has 0 aliphatic heterocycles. The van der Waals surface area contributed by atoms with Gasteiger partial charge in [0.1, 0.15) is 8.58 Å². The second kappa shape index (κ2) is 4.33. The summed E-state index contributed by atoms with van der Waals surface area (Å²) in [4.78, 5) is 20.5. The Hall–Kier alpha value is -0.565. The Labute approximate surface area is 55.1 Å². The van der Waals surface area contributed by atoms with Crippen molar-refractivity contribution in [1.29, 1.82) is 0 Å². The van der Waals surface area contributed by atoms with Gasteiger partial charge in [-0.2, -0.15) is 0 Å². The summed E-state index contributed by atoms with van der Waals surface area (Å²) in [5.74, 6) is 0. The van der Waals surface area contributed by atoms with E-state index >= 15 is 0 Å². The van der Waals surface area contributed by atoms with Crippen molar-refractivity contribution in [2.75, 3.05) is 7.11 Å². The van der Waals surface area contributed by atoms with Crippen LogP contribution in [0.1, 0.15) is 0 Å². The highest BCUT2D eigenvalue weighted by Crippen LogP contribution is 2.15. The van der Waals surface area contributed by atoms with Crippen molar-refractivity contribution in [2.45, 2.75) is 0 Å². The largest absolute Gasteiger partial charge is 0.540 e. The van der Waals surface area contributed by atoms with Crippen molar-refractivity contribution in [3.63, 3.8) is 0 Å². The van der Waals surface area contributed by atoms with Crippen LogP contribution in [0.3, 0.4) is 0 Å². The molecule has 0 heterocycles. The van der Waals surface area contributed by atoms with Gasteiger partial charge in [-0.15, -0.1) is 0 Å². The molecule has 6 heteroatoms. The molecule has 0 saturated heterocycles. The van der Waals surface area contributed by atoms with Crippen LogP contribution < -0.4 is 0 Å². The first-order valence-corrected chi connectivity index (χ1v) is 3.13. The van der Waals surface area contributed by atoms with Gasteiger partial charge >= 0.3 is 19.5 Å². The summed E-state index contributed by atoms with van der Waals surface area (Å²) >= 11 is 0. The quantitative estimate of drug-likeness (QED) is 0.412. The first-order chi connectivity index (χ1) is 4.20. The van der Waals surface area contributed by atoms with Crippen molar-refractivity contribution < 1.29 is 19.0 Å². The Balaban J connectivity index is 3.47. The summed E-state index contributed by atoms with van der Waals surface area (Å²) < 4.78 is 8.39. The lowest BCUT2D eigenvalue weighted by molar-refractivity contribution is 0.198. The van der Waals surface area contributed by atoms with Gasteiger partial charge in [-0.05, 0) is 0 Å². The van der Waals surface area contributed by atoms with Crippen molar-refractivity contribution in [1.82, 2.24) is 0 Å². The Morgan fingerprint density at radius 1 is 1.44 bits per heavy atom. The predicted octanol–water partition coefficient (Wildman–Crippen LogP) is 0.116. The maximum atomic E-state index is 10.3. The molecule has 0 aliphatic rings. The van der Waals surface area contributed by atoms with E-state index < -0.39 is 20.0 Å². The minimum absolute atomic E-state index is 0.542. The molecule has 9 heavy (non-hydrogen) atoms. The van der Waals surface area contributed by atoms with E-state index in [1.807, 2.05) is 0 Å². The smallest absolute Gasteiger partial charge is 0.334 e. The van der Waals surface area contributed by atoms with Crippen LogP contribution in [0.4, 0.5) is 9.59 Å². The molecule has 0 N–H and O–H groups in total. The molecular formula is C3H6BO4P. The number of methoxy groups -OCH3 is 1. The number of carbonyl (C=O) groups is 2. The third-order valence-corrected chi connectivity index (χ3v) is 1.39. The summed E-state index contributed by atoms with van der Waals surface area (Å²) in [5.41, 5.74) is -1.11. The van der Waals surface area contributed by atoms with Gasteiger partial charge in [0.15, 0.2) is 0 Å². The second-order valence-corrected chi connectivity index (χ2v) is 2.17. The molecule has 0 spiro atoms. The number of rotatable bonds is 2. The fourth-order valence-corrected chi connectivity index (χ4v) is 0.556. The monoisotopic (exact) mass is 148 g/mol. The summed E-state index contributed by atoms with van der Waals surface area (Å²) in [6, 6.07) is 0. The van der Waals surface area contributed by atoms with Crippen LogP contribution in [0.25, 0.3) is 0 Å². The molecule has 0 aromatic carbocycles. The molecule has 0 amide bonds. The normalized spacial score (nSPS) is 9.44. The average Bonchev–Trinajstić information content (AvgIpc) is 1.87. The van der Waals surface area contributed by atoms with Crippen LogP contribution in [-0.2, 0) is 9.39 Å². The van der Waals surface area contributed by atoms with Crippen molar-refractivity contribution in [2.24, 2.45) is 0 Å². The molecule has 50 valence electrons. The highest BCUT2D eigenvalue weighted by molar-refractivity contribution is 7.72. The fraction of sp³-hybridized carbons (Fsp3) is 0.333. The molecule has 0 saturated carbocycles. The number of ether oxygens (including phenoxy) is 1. The Kier molecular flexibility index (Phi) is 4.06. The van der Waals surface area contributed by atoms with Gasteiger partial charge < -0.3 is 9.39 Å². The Morgan fingerprint density at radius 2 is 2.00 bits per heavy atom. The Morgan fingerprint density at radius 3 is 2.33 bits per heavy atom. The van der Waals surface area contributed by atoms with Gasteiger partial charge in [-0.1, -0.05) is 0 Å². The van der Waals surface area contributed by atoms with Gasteiger partial charge in [0.05, 0.1) is 7.11 Å². The van der Waals surface area contributed by atoms with E-state index in [4.69, 9.17) is 0 Å². The van der Waals surface area contributed by atoms with Crippen molar-refractivity contribution >= 4 is 28.1 Å². The molecule has 0 aromatic heterocycles. The van der Waals surface area contributed by atoms with Gasteiger partial charge in [-0.25, -0.2) is 9.59 Å². The fourth-order valence-electron chi connectivity index (χ4n) is 0.185. The van der Waals surface area contributed by atoms with E-state index in [1.165, 1.54) is 15.2 Å². The van der Waals surface area contributed by atoms with E-state index in [1.54, 1.807) is 0 Å². The summed E-state index contributed by atoms with van der Waals surface area (Å²) in [5, 5.41) is 0. The minimum atomic E-state index is -0.554. The predicted molar refractivity (Wildman–Crippen MR) is 35.7 cm³/mol. The topological polar surface area (TPSA) is 52.6 Å². The molecule has 4 nitrogen and oxygen atoms in total. The van der Waals surface area contributed by atoms with E-state index in [0.717, 1.165) is 0 Å². The molecular weight excluding hydrogens is 142 g/mol. The van der Waals surface area contributed by atoms with Crippen LogP contribution in [0.5, 0.6) is 0 Å². The average molecular weight is 148 g/mol. The van der Waals surface area contributed by atoms with E-state index in [9.17, 15) is 9.59 Å². The lowest BCUT2D eigenvalue weighted by atomic mass is 10.6. The molecule has 1 atom stereocenters. The van der Waals surface area contributed by atoms with Gasteiger partial charge in [-0.3, -0.25) is 0 Å². The molecule has 0 bridgehead atoms. The summed E-state index contributed by atoms with van der Waals surface area (Å²) in [7, 11) is 1.90. The lowest BCUT2D eigenvalue weighted by Crippen LogP contribution is -1.96. The minimum Gasteiger partial charge on any atom is -0.540 e. The maximum absolute atomic E-state index is 10.3. The number of carbonyl (C=O) groups excluding carboxylic acids is 2. The second-order valence-electron chi connectivity index (χ2n) is 1.11. The third kappa shape index (κ3) is 3.97. The zero-order valence-corrected chi connectivity index (χ0v) is 6.13. The highest BCUT2D eigenvalue weighted by atomic mass is 31.1. The van der Waals surface area contributed by atoms with Crippen molar-refractivity contribution in [3.8, 4) is 0 Å². The van der Waals surface area contributed by atoms with Crippen LogP contribution in [-0.4, -0.2) is 26.6 Å². The number of hydrogen-bond acceptors (Lipinski definition) is 4. The van der Waals surface area contributed by atoms with Gasteiger partial charge in [0.25, 0.3) is 0 Å². The van der Waals surface area contributed by atoms with E-state index in [0.29, 0.717) is 0 Å². The van der Waals surface area contributed by atoms with Crippen LogP contribution in [0.15, 0.2) is 0 Å². The molecule has 1 unspecified atom stereocenters. The zero-order valence-electron chi connectivity index (χ0n) is 5.13. The summed E-state index contributed by atoms with van der Waals surface area (Å²) in [6.07, 6.45) is 0. The molecule has 0 fully saturated rings. The Bertz CT molecular complexity index is 111. The first kappa shape index (κ1) is 8.43. The first-order valence-electron chi connectivity index (χ1n) is 2.13. The van der Waals surface area contributed by atoms with Crippen LogP contribution >= 0.6 is 8.58 Å². The summed E-state index contributed by atoms with van der Waals surface area (Å²) in [6.45, 7) is 0. The van der Waals surface area contributed by atoms with Gasteiger partial charge in [0.2, 0.25) is 0 Å². The third-order valence-electron chi connectivity index (χ3n) is 0.575. The zero-order chi connectivity index (χ0) is 7.28. The molecule has 0 aromatic rings. The standard InChI is InChI=1S/C3H6BO4P/c1-7-2(5)9-3(6)8-4/h9H,4H2,1H3. The van der Waals surface area contributed by atoms with E-state index in [2.05, 4.69) is 9.39 Å². The SMILES string of the molecule is BOC(=O)PC(=O)OC. The molecule has 0 rings (SSSR count). The number of hydrogen-bond donors (Lipinski definition) is 0. The molecule has 0 radical (unpaired) electrons.